The van der Waals surface area contributed by atoms with Gasteiger partial charge < -0.3 is 9.64 Å². The van der Waals surface area contributed by atoms with Gasteiger partial charge in [0.15, 0.2) is 0 Å². The van der Waals surface area contributed by atoms with Gasteiger partial charge in [0.2, 0.25) is 0 Å². The van der Waals surface area contributed by atoms with Crippen LogP contribution in [0, 0.1) is 5.41 Å². The molecule has 1 aliphatic heterocycles. The third kappa shape index (κ3) is 6.21. The van der Waals surface area contributed by atoms with Gasteiger partial charge >= 0.3 is 0 Å². The Morgan fingerprint density at radius 2 is 1.62 bits per heavy atom. The summed E-state index contributed by atoms with van der Waals surface area (Å²) < 4.78 is 5.82. The summed E-state index contributed by atoms with van der Waals surface area (Å²) in [4.78, 5) is 12.1. The van der Waals surface area contributed by atoms with Crippen molar-refractivity contribution in [2.45, 2.75) is 44.9 Å². The summed E-state index contributed by atoms with van der Waals surface area (Å²) in [5.74, 6) is 0.932. The molecule has 1 saturated heterocycles. The van der Waals surface area contributed by atoms with Crippen molar-refractivity contribution < 1.29 is 4.74 Å². The summed E-state index contributed by atoms with van der Waals surface area (Å²) in [6, 6.07) is 25.1. The highest BCUT2D eigenvalue weighted by Crippen LogP contribution is 2.46. The highest BCUT2D eigenvalue weighted by Gasteiger charge is 2.36. The maximum atomic E-state index is 5.82. The minimum Gasteiger partial charge on any atom is -0.495 e. The first-order chi connectivity index (χ1) is 18.7. The van der Waals surface area contributed by atoms with Crippen molar-refractivity contribution in [3.05, 3.63) is 83.7 Å². The van der Waals surface area contributed by atoms with E-state index in [0.717, 1.165) is 51.9 Å². The van der Waals surface area contributed by atoms with E-state index in [1.807, 2.05) is 36.5 Å². The average Bonchev–Trinajstić information content (AvgIpc) is 3.48. The molecule has 0 bridgehead atoms. The lowest BCUT2D eigenvalue weighted by molar-refractivity contribution is 0.144. The zero-order chi connectivity index (χ0) is 25.8. The van der Waals surface area contributed by atoms with Gasteiger partial charge in [-0.25, -0.2) is 4.98 Å². The number of aromatic nitrogens is 1. The predicted molar refractivity (Wildman–Crippen MR) is 167 cm³/mol. The first kappa shape index (κ1) is 27.4. The van der Waals surface area contributed by atoms with Crippen molar-refractivity contribution in [1.82, 2.24) is 4.98 Å². The van der Waals surface area contributed by atoms with Crippen molar-refractivity contribution in [1.29, 1.82) is 0 Å². The van der Waals surface area contributed by atoms with E-state index in [1.54, 1.807) is 18.4 Å². The normalized spacial score (nSPS) is 16.8. The van der Waals surface area contributed by atoms with E-state index in [1.165, 1.54) is 50.6 Å². The second-order valence-electron chi connectivity index (χ2n) is 10.7. The molecule has 4 aromatic rings. The van der Waals surface area contributed by atoms with E-state index in [2.05, 4.69) is 52.7 Å². The van der Waals surface area contributed by atoms with Crippen LogP contribution in [0.5, 0.6) is 5.75 Å². The smallest absolute Gasteiger partial charge is 0.142 e. The van der Waals surface area contributed by atoms with Crippen LogP contribution >= 0.6 is 23.7 Å². The molecule has 2 heterocycles. The Hall–Kier alpha value is -3.15. The molecule has 0 radical (unpaired) electrons. The zero-order valence-electron chi connectivity index (χ0n) is 22.5. The van der Waals surface area contributed by atoms with Crippen LogP contribution in [-0.2, 0) is 0 Å². The number of benzene rings is 3. The molecule has 0 unspecified atom stereocenters. The first-order valence-electron chi connectivity index (χ1n) is 13.8. The molecule has 2 aliphatic rings. The molecular formula is C33H36ClN3OS. The van der Waals surface area contributed by atoms with Crippen molar-refractivity contribution in [2.24, 2.45) is 10.4 Å². The molecule has 1 spiro atoms. The summed E-state index contributed by atoms with van der Waals surface area (Å²) in [5, 5.41) is 3.16. The second kappa shape index (κ2) is 12.4. The van der Waals surface area contributed by atoms with Gasteiger partial charge in [0.1, 0.15) is 10.8 Å². The lowest BCUT2D eigenvalue weighted by Crippen LogP contribution is -2.41. The number of anilines is 1. The predicted octanol–water partition coefficient (Wildman–Crippen LogP) is 9.21. The number of hydrogen-bond donors (Lipinski definition) is 0. The standard InChI is InChI=1S/C33H35N3OS.ClH/c1-37-31-22-25(10-15-30(31)36-20-18-33(19-21-36)16-6-3-7-17-33)23-34-28-13-11-26(12-14-28)29-24-38-32(35-29)27-8-4-2-5-9-27;/h2,4-5,8-15,22-24H,3,6-7,16-21H2,1H3;1H. The minimum atomic E-state index is 0. The second-order valence-corrected chi connectivity index (χ2v) is 11.5. The van der Waals surface area contributed by atoms with Crippen molar-refractivity contribution >= 4 is 41.3 Å². The lowest BCUT2D eigenvalue weighted by Gasteiger charge is -2.45. The van der Waals surface area contributed by atoms with E-state index in [9.17, 15) is 0 Å². The van der Waals surface area contributed by atoms with Crippen molar-refractivity contribution in [2.75, 3.05) is 25.1 Å². The molecule has 1 aliphatic carbocycles. The highest BCUT2D eigenvalue weighted by molar-refractivity contribution is 7.13. The van der Waals surface area contributed by atoms with E-state index >= 15 is 0 Å². The van der Waals surface area contributed by atoms with Crippen molar-refractivity contribution in [3.8, 4) is 27.6 Å². The Morgan fingerprint density at radius 1 is 0.872 bits per heavy atom. The fraction of sp³-hybridized carbons (Fsp3) is 0.333. The van der Waals surface area contributed by atoms with Gasteiger partial charge in [0, 0.05) is 35.8 Å². The topological polar surface area (TPSA) is 37.7 Å². The number of nitrogens with zero attached hydrogens (tertiary/aromatic N) is 3. The lowest BCUT2D eigenvalue weighted by atomic mass is 9.68. The molecule has 6 heteroatoms. The van der Waals surface area contributed by atoms with Gasteiger partial charge in [-0.1, -0.05) is 67.8 Å². The summed E-state index contributed by atoms with van der Waals surface area (Å²) in [6.45, 7) is 2.25. The minimum absolute atomic E-state index is 0. The molecule has 39 heavy (non-hydrogen) atoms. The number of aliphatic imine (C=N–C) groups is 1. The summed E-state index contributed by atoms with van der Waals surface area (Å²) in [6.07, 6.45) is 11.6. The Balaban J connectivity index is 0.00000308. The van der Waals surface area contributed by atoms with Gasteiger partial charge in [-0.2, -0.15) is 0 Å². The van der Waals surface area contributed by atoms with E-state index in [-0.39, 0.29) is 12.4 Å². The fourth-order valence-corrected chi connectivity index (χ4v) is 6.88. The van der Waals surface area contributed by atoms with Crippen LogP contribution in [-0.4, -0.2) is 31.4 Å². The van der Waals surface area contributed by atoms with Crippen molar-refractivity contribution in [3.63, 3.8) is 0 Å². The Labute approximate surface area is 242 Å². The number of ether oxygens (including phenoxy) is 1. The van der Waals surface area contributed by atoms with E-state index in [0.29, 0.717) is 5.41 Å². The molecule has 0 amide bonds. The Morgan fingerprint density at radius 3 is 2.33 bits per heavy atom. The average molecular weight is 558 g/mol. The maximum absolute atomic E-state index is 5.82. The number of piperidine rings is 1. The Bertz CT molecular complexity index is 1380. The molecule has 1 aromatic heterocycles. The SMILES string of the molecule is COc1cc(C=Nc2ccc(-c3csc(-c4ccccc4)n3)cc2)ccc1N1CCC2(CCCCC2)CC1.Cl. The quantitative estimate of drug-likeness (QED) is 0.222. The van der Waals surface area contributed by atoms with Gasteiger partial charge in [0.25, 0.3) is 0 Å². The van der Waals surface area contributed by atoms with Crippen LogP contribution in [0.4, 0.5) is 11.4 Å². The molecule has 4 nitrogen and oxygen atoms in total. The van der Waals surface area contributed by atoms with E-state index in [4.69, 9.17) is 14.7 Å². The summed E-state index contributed by atoms with van der Waals surface area (Å²) in [7, 11) is 1.77. The molecular weight excluding hydrogens is 522 g/mol. The number of hydrogen-bond acceptors (Lipinski definition) is 5. The van der Waals surface area contributed by atoms with E-state index < -0.39 is 0 Å². The van der Waals surface area contributed by atoms with Gasteiger partial charge in [-0.3, -0.25) is 4.99 Å². The Kier molecular flexibility index (Phi) is 8.69. The number of rotatable bonds is 6. The molecule has 0 N–H and O–H groups in total. The third-order valence-corrected chi connectivity index (χ3v) is 9.22. The van der Waals surface area contributed by atoms with Crippen LogP contribution in [0.2, 0.25) is 0 Å². The van der Waals surface area contributed by atoms with Gasteiger partial charge in [-0.05, 0) is 60.9 Å². The van der Waals surface area contributed by atoms with Crippen LogP contribution in [0.15, 0.2) is 83.2 Å². The summed E-state index contributed by atoms with van der Waals surface area (Å²) >= 11 is 1.67. The third-order valence-electron chi connectivity index (χ3n) is 8.33. The highest BCUT2D eigenvalue weighted by atomic mass is 35.5. The molecule has 3 aromatic carbocycles. The van der Waals surface area contributed by atoms with Crippen LogP contribution in [0.25, 0.3) is 21.8 Å². The monoisotopic (exact) mass is 557 g/mol. The molecule has 2 fully saturated rings. The fourth-order valence-electron chi connectivity index (χ4n) is 6.05. The van der Waals surface area contributed by atoms with Crippen LogP contribution in [0.3, 0.4) is 0 Å². The molecule has 0 atom stereocenters. The molecule has 6 rings (SSSR count). The first-order valence-corrected chi connectivity index (χ1v) is 14.7. The zero-order valence-corrected chi connectivity index (χ0v) is 24.1. The van der Waals surface area contributed by atoms with Gasteiger partial charge in [-0.15, -0.1) is 23.7 Å². The summed E-state index contributed by atoms with van der Waals surface area (Å²) in [5.41, 5.74) is 7.03. The van der Waals surface area contributed by atoms with Crippen LogP contribution in [0.1, 0.15) is 50.5 Å². The largest absolute Gasteiger partial charge is 0.495 e. The number of thiazole rings is 1. The van der Waals surface area contributed by atoms with Gasteiger partial charge in [0.05, 0.1) is 24.2 Å². The number of methoxy groups -OCH3 is 1. The molecule has 1 saturated carbocycles. The maximum Gasteiger partial charge on any atom is 0.142 e. The van der Waals surface area contributed by atoms with Crippen LogP contribution < -0.4 is 9.64 Å². The molecule has 202 valence electrons. The number of halogens is 1.